The second-order valence-electron chi connectivity index (χ2n) is 9.37. The molecular formula is C23H33F2N5O2S. The molecule has 33 heavy (non-hydrogen) atoms. The highest BCUT2D eigenvalue weighted by Gasteiger charge is 2.34. The third-order valence-electron chi connectivity index (χ3n) is 6.76. The van der Waals surface area contributed by atoms with E-state index in [1.807, 2.05) is 11.8 Å². The lowest BCUT2D eigenvalue weighted by Gasteiger charge is -2.36. The zero-order valence-corrected chi connectivity index (χ0v) is 20.2. The first-order valence-corrected chi connectivity index (χ1v) is 12.6. The van der Waals surface area contributed by atoms with Gasteiger partial charge in [0.05, 0.1) is 11.4 Å². The minimum absolute atomic E-state index is 0.0936. The molecule has 3 heterocycles. The van der Waals surface area contributed by atoms with Crippen LogP contribution in [0.1, 0.15) is 54.5 Å². The number of hydrogen-bond donors (Lipinski definition) is 1. The molecule has 2 aromatic rings. The molecule has 4 rings (SSSR count). The summed E-state index contributed by atoms with van der Waals surface area (Å²) in [6.45, 7) is 6.88. The van der Waals surface area contributed by atoms with E-state index in [0.29, 0.717) is 25.4 Å². The Labute approximate surface area is 197 Å². The van der Waals surface area contributed by atoms with Crippen LogP contribution in [0.15, 0.2) is 17.0 Å². The van der Waals surface area contributed by atoms with Crippen LogP contribution in [0.5, 0.6) is 0 Å². The van der Waals surface area contributed by atoms with Crippen LogP contribution in [0.3, 0.4) is 0 Å². The number of aryl methyl sites for hydroxylation is 1. The first kappa shape index (κ1) is 24.1. The van der Waals surface area contributed by atoms with Gasteiger partial charge in [-0.05, 0) is 51.5 Å². The van der Waals surface area contributed by atoms with Crippen LogP contribution in [-0.4, -0.2) is 59.7 Å². The van der Waals surface area contributed by atoms with Crippen molar-refractivity contribution in [1.29, 1.82) is 0 Å². The van der Waals surface area contributed by atoms with Crippen LogP contribution in [0.2, 0.25) is 0 Å². The molecule has 1 saturated heterocycles. The molecule has 1 amide bonds. The maximum Gasteiger partial charge on any atom is 0.277 e. The SMILES string of the molecule is Cc1ncc(CC(=O)NC2CCC(CCN3CCN(c4nocc4C(C)(F)F)CC3)CC2)s1. The number of aromatic nitrogens is 2. The van der Waals surface area contributed by atoms with Crippen LogP contribution in [0.25, 0.3) is 0 Å². The molecule has 0 atom stereocenters. The molecule has 1 saturated carbocycles. The Kier molecular flexibility index (Phi) is 7.63. The number of carbonyl (C=O) groups is 1. The van der Waals surface area contributed by atoms with E-state index in [1.165, 1.54) is 0 Å². The highest BCUT2D eigenvalue weighted by atomic mass is 32.1. The molecule has 2 aromatic heterocycles. The first-order chi connectivity index (χ1) is 15.8. The van der Waals surface area contributed by atoms with Gasteiger partial charge in [-0.2, -0.15) is 0 Å². The number of nitrogens with zero attached hydrogens (tertiary/aromatic N) is 4. The Morgan fingerprint density at radius 3 is 2.61 bits per heavy atom. The summed E-state index contributed by atoms with van der Waals surface area (Å²) in [6.07, 6.45) is 8.75. The molecule has 2 fully saturated rings. The molecule has 1 N–H and O–H groups in total. The van der Waals surface area contributed by atoms with Gasteiger partial charge in [-0.15, -0.1) is 11.3 Å². The maximum absolute atomic E-state index is 13.7. The van der Waals surface area contributed by atoms with Crippen LogP contribution >= 0.6 is 11.3 Å². The van der Waals surface area contributed by atoms with Gasteiger partial charge in [0.2, 0.25) is 5.91 Å². The Morgan fingerprint density at radius 2 is 1.97 bits per heavy atom. The Morgan fingerprint density at radius 1 is 1.24 bits per heavy atom. The van der Waals surface area contributed by atoms with Crippen molar-refractivity contribution in [2.75, 3.05) is 37.6 Å². The number of hydrogen-bond acceptors (Lipinski definition) is 7. The molecule has 0 aromatic carbocycles. The molecule has 7 nitrogen and oxygen atoms in total. The predicted octanol–water partition coefficient (Wildman–Crippen LogP) is 3.98. The third-order valence-corrected chi connectivity index (χ3v) is 7.68. The number of amides is 1. The minimum Gasteiger partial charge on any atom is -0.362 e. The smallest absolute Gasteiger partial charge is 0.277 e. The van der Waals surface area contributed by atoms with Gasteiger partial charge >= 0.3 is 0 Å². The van der Waals surface area contributed by atoms with Crippen LogP contribution in [0, 0.1) is 12.8 Å². The standard InChI is InChI=1S/C23H33F2N5O2S/c1-16-26-14-19(33-16)13-21(31)27-18-5-3-17(4-6-18)7-8-29-9-11-30(12-10-29)22-20(15-32-28-22)23(2,24)25/h14-15,17-18H,3-13H2,1-2H3,(H,27,31). The molecule has 0 unspecified atom stereocenters. The van der Waals surface area contributed by atoms with Crippen molar-refractivity contribution >= 4 is 23.1 Å². The summed E-state index contributed by atoms with van der Waals surface area (Å²) in [5, 5.41) is 8.01. The lowest BCUT2D eigenvalue weighted by atomic mass is 9.84. The summed E-state index contributed by atoms with van der Waals surface area (Å²) < 4.78 is 32.3. The van der Waals surface area contributed by atoms with Gasteiger partial charge in [0.25, 0.3) is 5.92 Å². The highest BCUT2D eigenvalue weighted by molar-refractivity contribution is 7.11. The van der Waals surface area contributed by atoms with E-state index in [-0.39, 0.29) is 23.3 Å². The molecule has 0 radical (unpaired) electrons. The quantitative estimate of drug-likeness (QED) is 0.615. The molecular weight excluding hydrogens is 448 g/mol. The fraction of sp³-hybridized carbons (Fsp3) is 0.696. The van der Waals surface area contributed by atoms with Crippen LogP contribution in [0.4, 0.5) is 14.6 Å². The van der Waals surface area contributed by atoms with E-state index in [1.54, 1.807) is 17.5 Å². The van der Waals surface area contributed by atoms with Crippen molar-refractivity contribution in [3.05, 3.63) is 27.9 Å². The molecule has 0 spiro atoms. The minimum atomic E-state index is -2.95. The highest BCUT2D eigenvalue weighted by Crippen LogP contribution is 2.34. The number of rotatable bonds is 8. The molecule has 1 aliphatic carbocycles. The summed E-state index contributed by atoms with van der Waals surface area (Å²) in [7, 11) is 0. The summed E-state index contributed by atoms with van der Waals surface area (Å²) in [5.41, 5.74) is -0.137. The zero-order valence-electron chi connectivity index (χ0n) is 19.4. The average Bonchev–Trinajstić information content (AvgIpc) is 3.43. The molecule has 10 heteroatoms. The lowest BCUT2D eigenvalue weighted by Crippen LogP contribution is -2.47. The van der Waals surface area contributed by atoms with Gasteiger partial charge < -0.3 is 14.7 Å². The number of carbonyl (C=O) groups excluding carboxylic acids is 1. The fourth-order valence-corrected chi connectivity index (χ4v) is 5.62. The van der Waals surface area contributed by atoms with Gasteiger partial charge in [-0.1, -0.05) is 5.16 Å². The number of thiazole rings is 1. The van der Waals surface area contributed by atoms with Crippen molar-refractivity contribution in [3.63, 3.8) is 0 Å². The van der Waals surface area contributed by atoms with Gasteiger partial charge in [0.1, 0.15) is 11.8 Å². The number of anilines is 1. The zero-order chi connectivity index (χ0) is 23.4. The number of halogens is 2. The van der Waals surface area contributed by atoms with Crippen molar-refractivity contribution in [3.8, 4) is 0 Å². The fourth-order valence-electron chi connectivity index (χ4n) is 4.83. The van der Waals surface area contributed by atoms with E-state index >= 15 is 0 Å². The van der Waals surface area contributed by atoms with E-state index in [2.05, 4.69) is 20.4 Å². The molecule has 2 aliphatic rings. The predicted molar refractivity (Wildman–Crippen MR) is 124 cm³/mol. The largest absolute Gasteiger partial charge is 0.362 e. The Balaban J connectivity index is 1.13. The van der Waals surface area contributed by atoms with Crippen LogP contribution in [-0.2, 0) is 17.1 Å². The Bertz CT molecular complexity index is 912. The second-order valence-corrected chi connectivity index (χ2v) is 10.7. The van der Waals surface area contributed by atoms with E-state index in [4.69, 9.17) is 4.52 Å². The third kappa shape index (κ3) is 6.50. The summed E-state index contributed by atoms with van der Waals surface area (Å²) >= 11 is 1.58. The molecule has 182 valence electrons. The van der Waals surface area contributed by atoms with Gasteiger partial charge in [-0.3, -0.25) is 9.69 Å². The second kappa shape index (κ2) is 10.5. The Hall–Kier alpha value is -2.07. The van der Waals surface area contributed by atoms with Crippen LogP contribution < -0.4 is 10.2 Å². The lowest BCUT2D eigenvalue weighted by molar-refractivity contribution is -0.121. The summed E-state index contributed by atoms with van der Waals surface area (Å²) in [5.74, 6) is -1.91. The van der Waals surface area contributed by atoms with Crippen molar-refractivity contribution in [2.24, 2.45) is 5.92 Å². The van der Waals surface area contributed by atoms with E-state index < -0.39 is 5.92 Å². The first-order valence-electron chi connectivity index (χ1n) is 11.8. The van der Waals surface area contributed by atoms with Gasteiger partial charge in [-0.25, -0.2) is 13.8 Å². The van der Waals surface area contributed by atoms with Crippen molar-refractivity contribution < 1.29 is 18.1 Å². The molecule has 0 bridgehead atoms. The summed E-state index contributed by atoms with van der Waals surface area (Å²) in [6, 6.07) is 0.277. The number of nitrogens with one attached hydrogen (secondary N) is 1. The van der Waals surface area contributed by atoms with Gasteiger partial charge in [0, 0.05) is 50.2 Å². The van der Waals surface area contributed by atoms with Crippen molar-refractivity contribution in [1.82, 2.24) is 20.4 Å². The average molecular weight is 482 g/mol. The molecule has 1 aliphatic heterocycles. The number of piperazine rings is 1. The maximum atomic E-state index is 13.7. The summed E-state index contributed by atoms with van der Waals surface area (Å²) in [4.78, 5) is 21.8. The van der Waals surface area contributed by atoms with Gasteiger partial charge in [0.15, 0.2) is 5.82 Å². The van der Waals surface area contributed by atoms with E-state index in [0.717, 1.165) is 74.8 Å². The topological polar surface area (TPSA) is 74.5 Å². The van der Waals surface area contributed by atoms with E-state index in [9.17, 15) is 13.6 Å². The number of alkyl halides is 2. The normalized spacial score (nSPS) is 22.5. The monoisotopic (exact) mass is 481 g/mol. The van der Waals surface area contributed by atoms with Crippen molar-refractivity contribution in [2.45, 2.75) is 64.3 Å².